The van der Waals surface area contributed by atoms with Crippen LogP contribution in [0.15, 0.2) is 18.2 Å². The van der Waals surface area contributed by atoms with Gasteiger partial charge in [0.15, 0.2) is 6.61 Å². The van der Waals surface area contributed by atoms with Gasteiger partial charge in [-0.25, -0.2) is 4.79 Å². The van der Waals surface area contributed by atoms with Gasteiger partial charge in [0.05, 0.1) is 5.56 Å². The monoisotopic (exact) mass is 265 g/mol. The molecule has 2 N–H and O–H groups in total. The second kappa shape index (κ2) is 6.78. The molecule has 0 aliphatic heterocycles. The topological polar surface area (TPSA) is 75.6 Å². The third kappa shape index (κ3) is 4.99. The van der Waals surface area contributed by atoms with E-state index in [1.165, 1.54) is 12.1 Å². The number of carboxylic acid groups (broad SMARTS) is 1. The van der Waals surface area contributed by atoms with Crippen molar-refractivity contribution in [2.24, 2.45) is 5.92 Å². The highest BCUT2D eigenvalue weighted by Gasteiger charge is 2.08. The first-order chi connectivity index (χ1) is 8.90. The number of carbonyl (C=O) groups is 2. The average molecular weight is 265 g/mol. The minimum atomic E-state index is -0.982. The molecule has 1 rings (SSSR count). The Morgan fingerprint density at radius 2 is 2.05 bits per heavy atom. The Morgan fingerprint density at radius 3 is 2.58 bits per heavy atom. The second-order valence-electron chi connectivity index (χ2n) is 4.77. The van der Waals surface area contributed by atoms with Crippen molar-refractivity contribution in [1.82, 2.24) is 5.32 Å². The molecule has 0 spiro atoms. The van der Waals surface area contributed by atoms with E-state index >= 15 is 0 Å². The number of rotatable bonds is 6. The lowest BCUT2D eigenvalue weighted by atomic mass is 10.1. The van der Waals surface area contributed by atoms with Crippen LogP contribution in [-0.4, -0.2) is 30.1 Å². The van der Waals surface area contributed by atoms with E-state index in [1.54, 1.807) is 13.0 Å². The zero-order valence-corrected chi connectivity index (χ0v) is 11.4. The van der Waals surface area contributed by atoms with Crippen molar-refractivity contribution in [2.75, 3.05) is 13.2 Å². The van der Waals surface area contributed by atoms with E-state index in [0.29, 0.717) is 23.8 Å². The number of hydrogen-bond acceptors (Lipinski definition) is 3. The Hall–Kier alpha value is -2.04. The molecule has 1 aromatic rings. The number of carboxylic acids is 1. The molecule has 0 unspecified atom stereocenters. The first-order valence-corrected chi connectivity index (χ1v) is 6.13. The van der Waals surface area contributed by atoms with Gasteiger partial charge >= 0.3 is 5.97 Å². The molecule has 0 fully saturated rings. The standard InChI is InChI=1S/C14H19NO4/c1-9(2)7-15-13(16)8-19-12-5-4-11(14(17)18)6-10(12)3/h4-6,9H,7-8H2,1-3H3,(H,15,16)(H,17,18). The van der Waals surface area contributed by atoms with Gasteiger partial charge in [0, 0.05) is 6.54 Å². The van der Waals surface area contributed by atoms with E-state index in [0.717, 1.165) is 0 Å². The number of benzene rings is 1. The summed E-state index contributed by atoms with van der Waals surface area (Å²) in [5.74, 6) is -0.259. The van der Waals surface area contributed by atoms with E-state index in [-0.39, 0.29) is 18.1 Å². The van der Waals surface area contributed by atoms with Crippen LogP contribution in [0.2, 0.25) is 0 Å². The fraction of sp³-hybridized carbons (Fsp3) is 0.429. The molecule has 0 heterocycles. The maximum atomic E-state index is 11.5. The van der Waals surface area contributed by atoms with Crippen LogP contribution >= 0.6 is 0 Å². The lowest BCUT2D eigenvalue weighted by molar-refractivity contribution is -0.123. The third-order valence-electron chi connectivity index (χ3n) is 2.49. The summed E-state index contributed by atoms with van der Waals surface area (Å²) in [4.78, 5) is 22.3. The van der Waals surface area contributed by atoms with E-state index in [2.05, 4.69) is 5.32 Å². The van der Waals surface area contributed by atoms with Gasteiger partial charge in [0.2, 0.25) is 0 Å². The number of hydrogen-bond donors (Lipinski definition) is 2. The number of nitrogens with one attached hydrogen (secondary N) is 1. The number of carbonyl (C=O) groups excluding carboxylic acids is 1. The third-order valence-corrected chi connectivity index (χ3v) is 2.49. The van der Waals surface area contributed by atoms with Gasteiger partial charge in [-0.05, 0) is 36.6 Å². The smallest absolute Gasteiger partial charge is 0.335 e. The van der Waals surface area contributed by atoms with Crippen LogP contribution < -0.4 is 10.1 Å². The molecule has 5 nitrogen and oxygen atoms in total. The Labute approximate surface area is 112 Å². The molecule has 0 aromatic heterocycles. The Balaban J connectivity index is 2.54. The van der Waals surface area contributed by atoms with Gasteiger partial charge in [-0.15, -0.1) is 0 Å². The minimum Gasteiger partial charge on any atom is -0.484 e. The molecule has 1 amide bonds. The number of aromatic carboxylic acids is 1. The first kappa shape index (κ1) is 15.0. The summed E-state index contributed by atoms with van der Waals surface area (Å²) in [6, 6.07) is 4.54. The molecule has 0 bridgehead atoms. The molecule has 0 saturated heterocycles. The highest BCUT2D eigenvalue weighted by atomic mass is 16.5. The van der Waals surface area contributed by atoms with Crippen molar-refractivity contribution >= 4 is 11.9 Å². The summed E-state index contributed by atoms with van der Waals surface area (Å²) in [6.45, 7) is 6.30. The molecule has 0 atom stereocenters. The molecule has 0 saturated carbocycles. The largest absolute Gasteiger partial charge is 0.484 e. The van der Waals surface area contributed by atoms with Gasteiger partial charge in [-0.1, -0.05) is 13.8 Å². The van der Waals surface area contributed by atoms with Gasteiger partial charge < -0.3 is 15.2 Å². The number of aryl methyl sites for hydroxylation is 1. The number of ether oxygens (including phenoxy) is 1. The van der Waals surface area contributed by atoms with Crippen molar-refractivity contribution in [3.63, 3.8) is 0 Å². The molecule has 0 aliphatic carbocycles. The van der Waals surface area contributed by atoms with E-state index in [9.17, 15) is 9.59 Å². The molecule has 5 heteroatoms. The van der Waals surface area contributed by atoms with Crippen molar-refractivity contribution in [3.8, 4) is 5.75 Å². The summed E-state index contributed by atoms with van der Waals surface area (Å²) in [5, 5.41) is 11.6. The SMILES string of the molecule is Cc1cc(C(=O)O)ccc1OCC(=O)NCC(C)C. The molecule has 19 heavy (non-hydrogen) atoms. The van der Waals surface area contributed by atoms with Crippen LogP contribution in [0.4, 0.5) is 0 Å². The van der Waals surface area contributed by atoms with Crippen molar-refractivity contribution in [3.05, 3.63) is 29.3 Å². The molecule has 1 aromatic carbocycles. The quantitative estimate of drug-likeness (QED) is 0.823. The summed E-state index contributed by atoms with van der Waals surface area (Å²) in [7, 11) is 0. The molecule has 0 aliphatic rings. The van der Waals surface area contributed by atoms with Gasteiger partial charge in [-0.2, -0.15) is 0 Å². The number of amides is 1. The van der Waals surface area contributed by atoms with Crippen LogP contribution in [0.5, 0.6) is 5.75 Å². The summed E-state index contributed by atoms with van der Waals surface area (Å²) in [6.07, 6.45) is 0. The summed E-state index contributed by atoms with van der Waals surface area (Å²) in [5.41, 5.74) is 0.894. The minimum absolute atomic E-state index is 0.0695. The highest BCUT2D eigenvalue weighted by molar-refractivity contribution is 5.88. The van der Waals surface area contributed by atoms with Crippen LogP contribution in [0.3, 0.4) is 0 Å². The van der Waals surface area contributed by atoms with Crippen LogP contribution in [0.25, 0.3) is 0 Å². The summed E-state index contributed by atoms with van der Waals surface area (Å²) < 4.78 is 5.36. The van der Waals surface area contributed by atoms with Gasteiger partial charge in [0.1, 0.15) is 5.75 Å². The lowest BCUT2D eigenvalue weighted by Gasteiger charge is -2.11. The van der Waals surface area contributed by atoms with E-state index < -0.39 is 5.97 Å². The average Bonchev–Trinajstić information content (AvgIpc) is 2.34. The van der Waals surface area contributed by atoms with Crippen molar-refractivity contribution in [1.29, 1.82) is 0 Å². The Morgan fingerprint density at radius 1 is 1.37 bits per heavy atom. The van der Waals surface area contributed by atoms with Crippen molar-refractivity contribution in [2.45, 2.75) is 20.8 Å². The fourth-order valence-electron chi connectivity index (χ4n) is 1.46. The normalized spacial score (nSPS) is 10.3. The van der Waals surface area contributed by atoms with Gasteiger partial charge in [0.25, 0.3) is 5.91 Å². The zero-order chi connectivity index (χ0) is 14.4. The molecule has 104 valence electrons. The Kier molecular flexibility index (Phi) is 5.36. The highest BCUT2D eigenvalue weighted by Crippen LogP contribution is 2.19. The Bertz CT molecular complexity index is 469. The van der Waals surface area contributed by atoms with E-state index in [1.807, 2.05) is 13.8 Å². The van der Waals surface area contributed by atoms with Gasteiger partial charge in [-0.3, -0.25) is 4.79 Å². The predicted molar refractivity (Wildman–Crippen MR) is 71.5 cm³/mol. The van der Waals surface area contributed by atoms with Crippen LogP contribution in [0.1, 0.15) is 29.8 Å². The molecular weight excluding hydrogens is 246 g/mol. The zero-order valence-electron chi connectivity index (χ0n) is 11.4. The van der Waals surface area contributed by atoms with Crippen LogP contribution in [0, 0.1) is 12.8 Å². The maximum Gasteiger partial charge on any atom is 0.335 e. The van der Waals surface area contributed by atoms with E-state index in [4.69, 9.17) is 9.84 Å². The lowest BCUT2D eigenvalue weighted by Crippen LogP contribution is -2.31. The molecule has 0 radical (unpaired) electrons. The summed E-state index contributed by atoms with van der Waals surface area (Å²) >= 11 is 0. The second-order valence-corrected chi connectivity index (χ2v) is 4.77. The predicted octanol–water partition coefficient (Wildman–Crippen LogP) is 1.84. The fourth-order valence-corrected chi connectivity index (χ4v) is 1.46. The first-order valence-electron chi connectivity index (χ1n) is 6.13. The van der Waals surface area contributed by atoms with Crippen molar-refractivity contribution < 1.29 is 19.4 Å². The molecular formula is C14H19NO4. The maximum absolute atomic E-state index is 11.5. The van der Waals surface area contributed by atoms with Crippen LogP contribution in [-0.2, 0) is 4.79 Å².